The number of hydrogen-bond acceptors (Lipinski definition) is 3. The molecular formula is C13H12O3. The SMILES string of the molecule is Cc1ccc(OC(=O)c2ccoc2C)cc1. The van der Waals surface area contributed by atoms with E-state index in [0.717, 1.165) is 5.56 Å². The topological polar surface area (TPSA) is 39.4 Å². The van der Waals surface area contributed by atoms with Crippen molar-refractivity contribution in [3.8, 4) is 5.75 Å². The molecule has 16 heavy (non-hydrogen) atoms. The van der Waals surface area contributed by atoms with Gasteiger partial charge in [0.25, 0.3) is 0 Å². The van der Waals surface area contributed by atoms with Gasteiger partial charge < -0.3 is 9.15 Å². The van der Waals surface area contributed by atoms with Crippen LogP contribution in [0.3, 0.4) is 0 Å². The summed E-state index contributed by atoms with van der Waals surface area (Å²) >= 11 is 0. The van der Waals surface area contributed by atoms with Gasteiger partial charge in [-0.15, -0.1) is 0 Å². The number of aryl methyl sites for hydroxylation is 2. The van der Waals surface area contributed by atoms with E-state index in [9.17, 15) is 4.79 Å². The highest BCUT2D eigenvalue weighted by Crippen LogP contribution is 2.16. The minimum Gasteiger partial charge on any atom is -0.469 e. The molecule has 0 atom stereocenters. The lowest BCUT2D eigenvalue weighted by Gasteiger charge is -2.03. The maximum Gasteiger partial charge on any atom is 0.347 e. The van der Waals surface area contributed by atoms with Gasteiger partial charge in [0, 0.05) is 0 Å². The maximum atomic E-state index is 11.7. The fourth-order valence-corrected chi connectivity index (χ4v) is 1.37. The number of rotatable bonds is 2. The van der Waals surface area contributed by atoms with Crippen molar-refractivity contribution in [2.75, 3.05) is 0 Å². The number of benzene rings is 1. The van der Waals surface area contributed by atoms with Gasteiger partial charge in [0.1, 0.15) is 17.1 Å². The van der Waals surface area contributed by atoms with Crippen molar-refractivity contribution in [2.45, 2.75) is 13.8 Å². The predicted octanol–water partition coefficient (Wildman–Crippen LogP) is 3.12. The third-order valence-electron chi connectivity index (χ3n) is 2.31. The molecule has 0 N–H and O–H groups in total. The minimum absolute atomic E-state index is 0.393. The molecule has 2 aromatic rings. The second-order valence-electron chi connectivity index (χ2n) is 3.59. The number of furan rings is 1. The zero-order chi connectivity index (χ0) is 11.5. The molecule has 0 saturated carbocycles. The van der Waals surface area contributed by atoms with Crippen molar-refractivity contribution in [1.29, 1.82) is 0 Å². The van der Waals surface area contributed by atoms with Crippen LogP contribution in [-0.4, -0.2) is 5.97 Å². The van der Waals surface area contributed by atoms with E-state index in [-0.39, 0.29) is 0 Å². The molecule has 0 unspecified atom stereocenters. The maximum absolute atomic E-state index is 11.7. The third-order valence-corrected chi connectivity index (χ3v) is 2.31. The molecule has 0 aliphatic heterocycles. The predicted molar refractivity (Wildman–Crippen MR) is 59.6 cm³/mol. The standard InChI is InChI=1S/C13H12O3/c1-9-3-5-11(6-4-9)16-13(14)12-7-8-15-10(12)2/h3-8H,1-2H3. The molecule has 1 heterocycles. The van der Waals surface area contributed by atoms with E-state index in [2.05, 4.69) is 0 Å². The van der Waals surface area contributed by atoms with E-state index in [1.807, 2.05) is 19.1 Å². The van der Waals surface area contributed by atoms with E-state index < -0.39 is 5.97 Å². The number of esters is 1. The Kier molecular flexibility index (Phi) is 2.77. The molecule has 1 aromatic heterocycles. The van der Waals surface area contributed by atoms with Crippen LogP contribution in [0.5, 0.6) is 5.75 Å². The first kappa shape index (κ1) is 10.5. The van der Waals surface area contributed by atoms with Crippen molar-refractivity contribution in [3.05, 3.63) is 53.5 Å². The second kappa shape index (κ2) is 4.23. The summed E-state index contributed by atoms with van der Waals surface area (Å²) < 4.78 is 10.2. The van der Waals surface area contributed by atoms with Gasteiger partial charge in [-0.05, 0) is 32.0 Å². The van der Waals surface area contributed by atoms with Gasteiger partial charge >= 0.3 is 5.97 Å². The zero-order valence-electron chi connectivity index (χ0n) is 9.19. The van der Waals surface area contributed by atoms with Crippen molar-refractivity contribution in [3.63, 3.8) is 0 Å². The number of hydrogen-bond donors (Lipinski definition) is 0. The summed E-state index contributed by atoms with van der Waals surface area (Å²) in [5.41, 5.74) is 1.58. The van der Waals surface area contributed by atoms with Gasteiger partial charge in [-0.25, -0.2) is 4.79 Å². The molecule has 0 saturated heterocycles. The first-order chi connectivity index (χ1) is 7.66. The molecule has 0 fully saturated rings. The zero-order valence-corrected chi connectivity index (χ0v) is 9.19. The first-order valence-corrected chi connectivity index (χ1v) is 5.00. The van der Waals surface area contributed by atoms with Gasteiger partial charge in [0.15, 0.2) is 0 Å². The molecule has 0 radical (unpaired) electrons. The third kappa shape index (κ3) is 2.14. The summed E-state index contributed by atoms with van der Waals surface area (Å²) in [6.45, 7) is 3.71. The van der Waals surface area contributed by atoms with Crippen LogP contribution in [0.2, 0.25) is 0 Å². The van der Waals surface area contributed by atoms with Crippen molar-refractivity contribution < 1.29 is 13.9 Å². The van der Waals surface area contributed by atoms with Gasteiger partial charge in [-0.2, -0.15) is 0 Å². The lowest BCUT2D eigenvalue weighted by Crippen LogP contribution is -2.08. The molecule has 82 valence electrons. The number of carbonyl (C=O) groups is 1. The quantitative estimate of drug-likeness (QED) is 0.572. The van der Waals surface area contributed by atoms with Crippen molar-refractivity contribution in [1.82, 2.24) is 0 Å². The van der Waals surface area contributed by atoms with Crippen LogP contribution in [0, 0.1) is 13.8 Å². The lowest BCUT2D eigenvalue weighted by atomic mass is 10.2. The fraction of sp³-hybridized carbons (Fsp3) is 0.154. The Balaban J connectivity index is 2.14. The highest BCUT2D eigenvalue weighted by molar-refractivity contribution is 5.91. The Bertz CT molecular complexity index is 494. The molecule has 3 heteroatoms. The van der Waals surface area contributed by atoms with Gasteiger partial charge in [0.05, 0.1) is 6.26 Å². The Morgan fingerprint density at radius 3 is 2.38 bits per heavy atom. The summed E-state index contributed by atoms with van der Waals surface area (Å²) in [5, 5.41) is 0. The molecule has 0 spiro atoms. The van der Waals surface area contributed by atoms with Crippen LogP contribution in [-0.2, 0) is 0 Å². The fourth-order valence-electron chi connectivity index (χ4n) is 1.37. The van der Waals surface area contributed by atoms with E-state index in [1.54, 1.807) is 25.1 Å². The van der Waals surface area contributed by atoms with Crippen LogP contribution >= 0.6 is 0 Å². The largest absolute Gasteiger partial charge is 0.469 e. The molecule has 1 aromatic carbocycles. The summed E-state index contributed by atoms with van der Waals surface area (Å²) in [5.74, 6) is 0.711. The summed E-state index contributed by atoms with van der Waals surface area (Å²) in [6, 6.07) is 8.92. The van der Waals surface area contributed by atoms with E-state index in [4.69, 9.17) is 9.15 Å². The lowest BCUT2D eigenvalue weighted by molar-refractivity contribution is 0.0733. The van der Waals surface area contributed by atoms with Crippen LogP contribution in [0.4, 0.5) is 0 Å². The van der Waals surface area contributed by atoms with E-state index in [0.29, 0.717) is 17.1 Å². The molecule has 0 bridgehead atoms. The Morgan fingerprint density at radius 2 is 1.81 bits per heavy atom. The normalized spacial score (nSPS) is 10.1. The average molecular weight is 216 g/mol. The molecule has 2 rings (SSSR count). The molecule has 0 aliphatic rings. The Labute approximate surface area is 93.7 Å². The van der Waals surface area contributed by atoms with Crippen LogP contribution in [0.1, 0.15) is 21.7 Å². The monoisotopic (exact) mass is 216 g/mol. The van der Waals surface area contributed by atoms with E-state index in [1.165, 1.54) is 6.26 Å². The van der Waals surface area contributed by atoms with Crippen LogP contribution in [0.15, 0.2) is 41.0 Å². The molecule has 0 amide bonds. The number of ether oxygens (including phenoxy) is 1. The molecule has 3 nitrogen and oxygen atoms in total. The van der Waals surface area contributed by atoms with E-state index >= 15 is 0 Å². The first-order valence-electron chi connectivity index (χ1n) is 5.00. The van der Waals surface area contributed by atoms with Gasteiger partial charge in [0.2, 0.25) is 0 Å². The van der Waals surface area contributed by atoms with Crippen LogP contribution < -0.4 is 4.74 Å². The van der Waals surface area contributed by atoms with Gasteiger partial charge in [-0.1, -0.05) is 17.7 Å². The highest BCUT2D eigenvalue weighted by Gasteiger charge is 2.13. The average Bonchev–Trinajstić information content (AvgIpc) is 2.68. The van der Waals surface area contributed by atoms with Crippen molar-refractivity contribution >= 4 is 5.97 Å². The smallest absolute Gasteiger partial charge is 0.347 e. The summed E-state index contributed by atoms with van der Waals surface area (Å²) in [4.78, 5) is 11.7. The second-order valence-corrected chi connectivity index (χ2v) is 3.59. The van der Waals surface area contributed by atoms with Crippen molar-refractivity contribution in [2.24, 2.45) is 0 Å². The highest BCUT2D eigenvalue weighted by atomic mass is 16.5. The van der Waals surface area contributed by atoms with Gasteiger partial charge in [-0.3, -0.25) is 0 Å². The summed E-state index contributed by atoms with van der Waals surface area (Å²) in [7, 11) is 0. The summed E-state index contributed by atoms with van der Waals surface area (Å²) in [6.07, 6.45) is 1.47. The minimum atomic E-state index is -0.393. The number of carbonyl (C=O) groups excluding carboxylic acids is 1. The van der Waals surface area contributed by atoms with Crippen LogP contribution in [0.25, 0.3) is 0 Å². The molecule has 0 aliphatic carbocycles. The molecular weight excluding hydrogens is 204 g/mol. The Hall–Kier alpha value is -2.03. The Morgan fingerprint density at radius 1 is 1.12 bits per heavy atom.